The lowest BCUT2D eigenvalue weighted by Gasteiger charge is -2.35. The molecule has 3 rings (SSSR count). The molecule has 2 aromatic rings. The van der Waals surface area contributed by atoms with Gasteiger partial charge in [0, 0.05) is 43.7 Å². The van der Waals surface area contributed by atoms with E-state index >= 15 is 0 Å². The van der Waals surface area contributed by atoms with Crippen LogP contribution < -0.4 is 0 Å². The molecule has 0 radical (unpaired) electrons. The fourth-order valence-electron chi connectivity index (χ4n) is 3.17. The Morgan fingerprint density at radius 2 is 1.68 bits per heavy atom. The maximum absolute atomic E-state index is 12.4. The summed E-state index contributed by atoms with van der Waals surface area (Å²) in [5, 5.41) is 3.92. The summed E-state index contributed by atoms with van der Waals surface area (Å²) in [6.07, 6.45) is 1.08. The van der Waals surface area contributed by atoms with Crippen LogP contribution in [0.2, 0.25) is 0 Å². The second-order valence-electron chi connectivity index (χ2n) is 6.34. The minimum Gasteiger partial charge on any atom is -0.361 e. The van der Waals surface area contributed by atoms with Crippen molar-refractivity contribution in [3.05, 3.63) is 52.9 Å². The zero-order chi connectivity index (χ0) is 17.8. The Balaban J connectivity index is 1.50. The van der Waals surface area contributed by atoms with Gasteiger partial charge in [-0.25, -0.2) is 0 Å². The normalized spacial score (nSPS) is 14.6. The van der Waals surface area contributed by atoms with Gasteiger partial charge in [0.05, 0.1) is 5.69 Å². The van der Waals surface area contributed by atoms with Crippen molar-refractivity contribution in [3.8, 4) is 0 Å². The zero-order valence-corrected chi connectivity index (χ0v) is 14.7. The van der Waals surface area contributed by atoms with Gasteiger partial charge in [0.2, 0.25) is 5.91 Å². The first kappa shape index (κ1) is 17.2. The van der Waals surface area contributed by atoms with E-state index in [0.717, 1.165) is 17.0 Å². The van der Waals surface area contributed by atoms with E-state index in [1.54, 1.807) is 0 Å². The van der Waals surface area contributed by atoms with E-state index in [9.17, 15) is 9.59 Å². The summed E-state index contributed by atoms with van der Waals surface area (Å²) in [7, 11) is 0. The summed E-state index contributed by atoms with van der Waals surface area (Å²) < 4.78 is 5.14. The Hall–Kier alpha value is -2.63. The molecule has 1 aliphatic rings. The van der Waals surface area contributed by atoms with E-state index in [4.69, 9.17) is 4.52 Å². The van der Waals surface area contributed by atoms with E-state index in [1.807, 2.05) is 54.0 Å². The molecule has 1 fully saturated rings. The van der Waals surface area contributed by atoms with Crippen molar-refractivity contribution in [3.63, 3.8) is 0 Å². The molecule has 0 bridgehead atoms. The van der Waals surface area contributed by atoms with Gasteiger partial charge in [0.1, 0.15) is 5.76 Å². The Morgan fingerprint density at radius 3 is 2.28 bits per heavy atom. The first-order valence-electron chi connectivity index (χ1n) is 8.60. The fraction of sp³-hybridized carbons (Fsp3) is 0.421. The largest absolute Gasteiger partial charge is 0.361 e. The maximum Gasteiger partial charge on any atom is 0.253 e. The monoisotopic (exact) mass is 341 g/mol. The summed E-state index contributed by atoms with van der Waals surface area (Å²) >= 11 is 0. The second kappa shape index (κ2) is 7.51. The molecule has 2 heterocycles. The van der Waals surface area contributed by atoms with Crippen LogP contribution in [0, 0.1) is 13.8 Å². The van der Waals surface area contributed by atoms with Crippen LogP contribution in [0.3, 0.4) is 0 Å². The number of hydrogen-bond donors (Lipinski definition) is 0. The number of aryl methyl sites for hydroxylation is 2. The zero-order valence-electron chi connectivity index (χ0n) is 14.7. The second-order valence-corrected chi connectivity index (χ2v) is 6.34. The molecule has 0 aliphatic carbocycles. The maximum atomic E-state index is 12.4. The SMILES string of the molecule is Cc1noc(C)c1CCC(=O)N1CCN(C(=O)c2ccccc2)CC1. The predicted octanol–water partition coefficient (Wildman–Crippen LogP) is 2.21. The molecule has 2 amide bonds. The number of nitrogens with zero attached hydrogens (tertiary/aromatic N) is 3. The molecular formula is C19H23N3O3. The minimum atomic E-state index is 0.0309. The highest BCUT2D eigenvalue weighted by Crippen LogP contribution is 2.16. The predicted molar refractivity (Wildman–Crippen MR) is 93.2 cm³/mol. The molecule has 0 N–H and O–H groups in total. The highest BCUT2D eigenvalue weighted by molar-refractivity contribution is 5.94. The number of aromatic nitrogens is 1. The molecule has 0 saturated carbocycles. The third kappa shape index (κ3) is 3.90. The van der Waals surface area contributed by atoms with Crippen LogP contribution in [0.1, 0.15) is 33.8 Å². The van der Waals surface area contributed by atoms with Crippen molar-refractivity contribution >= 4 is 11.8 Å². The first-order chi connectivity index (χ1) is 12.1. The first-order valence-corrected chi connectivity index (χ1v) is 8.60. The lowest BCUT2D eigenvalue weighted by Crippen LogP contribution is -2.50. The van der Waals surface area contributed by atoms with Crippen molar-refractivity contribution in [2.24, 2.45) is 0 Å². The topological polar surface area (TPSA) is 66.7 Å². The fourth-order valence-corrected chi connectivity index (χ4v) is 3.17. The molecule has 1 aliphatic heterocycles. The van der Waals surface area contributed by atoms with Crippen LogP contribution in [0.4, 0.5) is 0 Å². The van der Waals surface area contributed by atoms with E-state index in [2.05, 4.69) is 5.16 Å². The molecule has 1 aromatic heterocycles. The Bertz CT molecular complexity index is 727. The van der Waals surface area contributed by atoms with Gasteiger partial charge >= 0.3 is 0 Å². The molecule has 132 valence electrons. The molecule has 6 heteroatoms. The van der Waals surface area contributed by atoms with E-state index < -0.39 is 0 Å². The van der Waals surface area contributed by atoms with Crippen LogP contribution in [0.25, 0.3) is 0 Å². The van der Waals surface area contributed by atoms with E-state index in [1.165, 1.54) is 0 Å². The van der Waals surface area contributed by atoms with Crippen LogP contribution in [0.5, 0.6) is 0 Å². The number of carbonyl (C=O) groups excluding carboxylic acids is 2. The summed E-state index contributed by atoms with van der Waals surface area (Å²) in [4.78, 5) is 28.5. The third-order valence-electron chi connectivity index (χ3n) is 4.71. The average molecular weight is 341 g/mol. The smallest absolute Gasteiger partial charge is 0.253 e. The van der Waals surface area contributed by atoms with Crippen LogP contribution in [-0.4, -0.2) is 52.9 Å². The summed E-state index contributed by atoms with van der Waals surface area (Å²) in [5.41, 5.74) is 2.57. The van der Waals surface area contributed by atoms with Crippen LogP contribution in [0.15, 0.2) is 34.9 Å². The van der Waals surface area contributed by atoms with Gasteiger partial charge in [0.25, 0.3) is 5.91 Å². The molecule has 0 unspecified atom stereocenters. The minimum absolute atomic E-state index is 0.0309. The van der Waals surface area contributed by atoms with Gasteiger partial charge in [-0.05, 0) is 32.4 Å². The average Bonchev–Trinajstić information content (AvgIpc) is 2.98. The van der Waals surface area contributed by atoms with Crippen LogP contribution in [-0.2, 0) is 11.2 Å². The quantitative estimate of drug-likeness (QED) is 0.855. The Kier molecular flexibility index (Phi) is 5.16. The molecular weight excluding hydrogens is 318 g/mol. The highest BCUT2D eigenvalue weighted by Gasteiger charge is 2.25. The molecule has 1 aromatic carbocycles. The van der Waals surface area contributed by atoms with Crippen molar-refractivity contribution < 1.29 is 14.1 Å². The third-order valence-corrected chi connectivity index (χ3v) is 4.71. The van der Waals surface area contributed by atoms with Crippen molar-refractivity contribution in [2.45, 2.75) is 26.7 Å². The van der Waals surface area contributed by atoms with E-state index in [0.29, 0.717) is 44.6 Å². The number of rotatable bonds is 4. The molecule has 0 atom stereocenters. The molecule has 6 nitrogen and oxygen atoms in total. The molecule has 0 spiro atoms. The number of piperazine rings is 1. The number of hydrogen-bond acceptors (Lipinski definition) is 4. The standard InChI is InChI=1S/C19H23N3O3/c1-14-17(15(2)25-20-14)8-9-18(23)21-10-12-22(13-11-21)19(24)16-6-4-3-5-7-16/h3-7H,8-13H2,1-2H3. The van der Waals surface area contributed by atoms with Gasteiger partial charge in [0.15, 0.2) is 0 Å². The van der Waals surface area contributed by atoms with Gasteiger partial charge < -0.3 is 14.3 Å². The van der Waals surface area contributed by atoms with Gasteiger partial charge in [-0.3, -0.25) is 9.59 Å². The summed E-state index contributed by atoms with van der Waals surface area (Å²) in [5.74, 6) is 0.929. The van der Waals surface area contributed by atoms with E-state index in [-0.39, 0.29) is 11.8 Å². The lowest BCUT2D eigenvalue weighted by atomic mass is 10.1. The van der Waals surface area contributed by atoms with Crippen molar-refractivity contribution in [2.75, 3.05) is 26.2 Å². The number of carbonyl (C=O) groups is 2. The molecule has 25 heavy (non-hydrogen) atoms. The Morgan fingerprint density at radius 1 is 1.04 bits per heavy atom. The summed E-state index contributed by atoms with van der Waals surface area (Å²) in [6.45, 7) is 6.08. The van der Waals surface area contributed by atoms with Gasteiger partial charge in [-0.1, -0.05) is 23.4 Å². The number of benzene rings is 1. The van der Waals surface area contributed by atoms with Gasteiger partial charge in [-0.15, -0.1) is 0 Å². The Labute approximate surface area is 147 Å². The van der Waals surface area contributed by atoms with Gasteiger partial charge in [-0.2, -0.15) is 0 Å². The lowest BCUT2D eigenvalue weighted by molar-refractivity contribution is -0.132. The summed E-state index contributed by atoms with van der Waals surface area (Å²) in [6, 6.07) is 9.27. The number of amides is 2. The van der Waals surface area contributed by atoms with Crippen LogP contribution >= 0.6 is 0 Å². The van der Waals surface area contributed by atoms with Crippen molar-refractivity contribution in [1.29, 1.82) is 0 Å². The molecule has 1 saturated heterocycles. The highest BCUT2D eigenvalue weighted by atomic mass is 16.5. The van der Waals surface area contributed by atoms with Crippen molar-refractivity contribution in [1.82, 2.24) is 15.0 Å².